The molecule has 3 N–H and O–H groups in total. The molecule has 7 nitrogen and oxygen atoms in total. The van der Waals surface area contributed by atoms with Crippen molar-refractivity contribution >= 4 is 17.3 Å². The molecule has 0 atom stereocenters. The summed E-state index contributed by atoms with van der Waals surface area (Å²) in [4.78, 5) is 14.1. The first-order valence-corrected chi connectivity index (χ1v) is 8.93. The average Bonchev–Trinajstić information content (AvgIpc) is 3.34. The van der Waals surface area contributed by atoms with Crippen LogP contribution >= 0.6 is 11.3 Å². The van der Waals surface area contributed by atoms with Crippen molar-refractivity contribution in [1.29, 1.82) is 0 Å². The number of aliphatic imine (C=N–C) groups is 1. The first-order chi connectivity index (χ1) is 12.3. The Balaban J connectivity index is 1.55. The van der Waals surface area contributed by atoms with Gasteiger partial charge in [0.15, 0.2) is 11.8 Å². The molecule has 0 aliphatic carbocycles. The smallest absolute Gasteiger partial charge is 0.191 e. The van der Waals surface area contributed by atoms with Crippen LogP contribution in [0.3, 0.4) is 0 Å². The van der Waals surface area contributed by atoms with E-state index in [-0.39, 0.29) is 0 Å². The Morgan fingerprint density at radius 2 is 2.12 bits per heavy atom. The summed E-state index contributed by atoms with van der Waals surface area (Å²) in [6.07, 6.45) is 4.47. The van der Waals surface area contributed by atoms with E-state index in [4.69, 9.17) is 0 Å². The summed E-state index contributed by atoms with van der Waals surface area (Å²) < 4.78 is 0. The number of thiazole rings is 1. The Morgan fingerprint density at radius 3 is 2.84 bits per heavy atom. The number of hydrogen-bond acceptors (Lipinski definition) is 5. The van der Waals surface area contributed by atoms with Gasteiger partial charge in [-0.05, 0) is 18.1 Å². The fourth-order valence-electron chi connectivity index (χ4n) is 2.33. The monoisotopic (exact) mass is 355 g/mol. The molecular formula is C17H21N7S. The van der Waals surface area contributed by atoms with Crippen LogP contribution in [0.15, 0.2) is 41.8 Å². The lowest BCUT2D eigenvalue weighted by molar-refractivity contribution is 0.805. The average molecular weight is 355 g/mol. The molecule has 130 valence electrons. The number of rotatable bonds is 6. The number of aromatic nitrogens is 4. The molecule has 1 aromatic carbocycles. The second-order valence-electron chi connectivity index (χ2n) is 5.39. The van der Waals surface area contributed by atoms with Crippen molar-refractivity contribution in [2.24, 2.45) is 4.99 Å². The molecule has 0 spiro atoms. The number of aromatic amines is 1. The lowest BCUT2D eigenvalue weighted by atomic mass is 10.1. The molecule has 0 saturated carbocycles. The van der Waals surface area contributed by atoms with E-state index in [0.29, 0.717) is 13.1 Å². The maximum Gasteiger partial charge on any atom is 0.191 e. The minimum Gasteiger partial charge on any atom is -0.352 e. The summed E-state index contributed by atoms with van der Waals surface area (Å²) in [6, 6.07) is 8.15. The van der Waals surface area contributed by atoms with Crippen LogP contribution in [0.4, 0.5) is 0 Å². The molecule has 0 bridgehead atoms. The van der Waals surface area contributed by atoms with Gasteiger partial charge < -0.3 is 10.6 Å². The number of benzene rings is 1. The Bertz CT molecular complexity index is 823. The zero-order valence-corrected chi connectivity index (χ0v) is 15.1. The molecule has 0 aliphatic heterocycles. The second kappa shape index (κ2) is 8.39. The fourth-order valence-corrected chi connectivity index (χ4v) is 3.13. The normalized spacial score (nSPS) is 11.5. The Hall–Kier alpha value is -2.74. The third kappa shape index (κ3) is 4.63. The predicted octanol–water partition coefficient (Wildman–Crippen LogP) is 2.36. The largest absolute Gasteiger partial charge is 0.352 e. The van der Waals surface area contributed by atoms with Gasteiger partial charge in [-0.15, -0.1) is 11.3 Å². The first-order valence-electron chi connectivity index (χ1n) is 8.11. The first kappa shape index (κ1) is 17.1. The summed E-state index contributed by atoms with van der Waals surface area (Å²) >= 11 is 1.73. The Kier molecular flexibility index (Phi) is 5.73. The highest BCUT2D eigenvalue weighted by atomic mass is 32.1. The highest BCUT2D eigenvalue weighted by Gasteiger charge is 2.05. The van der Waals surface area contributed by atoms with Gasteiger partial charge in [-0.1, -0.05) is 25.1 Å². The third-order valence-corrected chi connectivity index (χ3v) is 4.80. The molecule has 0 radical (unpaired) electrons. The van der Waals surface area contributed by atoms with E-state index in [2.05, 4.69) is 54.8 Å². The van der Waals surface area contributed by atoms with Crippen molar-refractivity contribution in [3.63, 3.8) is 0 Å². The van der Waals surface area contributed by atoms with Gasteiger partial charge in [0.05, 0.1) is 6.54 Å². The van der Waals surface area contributed by atoms with E-state index >= 15 is 0 Å². The lowest BCUT2D eigenvalue weighted by Gasteiger charge is -2.11. The standard InChI is InChI=1S/C17H21N7S/c1-3-14-9-19-15(25-14)10-21-17(18-2)20-8-12-5-4-6-13(7-12)16-22-11-23-24-16/h4-7,9,11H,3,8,10H2,1-2H3,(H2,18,20,21)(H,22,23,24). The highest BCUT2D eigenvalue weighted by molar-refractivity contribution is 7.11. The van der Waals surface area contributed by atoms with Gasteiger partial charge in [0, 0.05) is 30.2 Å². The van der Waals surface area contributed by atoms with Gasteiger partial charge >= 0.3 is 0 Å². The van der Waals surface area contributed by atoms with E-state index in [0.717, 1.165) is 34.3 Å². The molecule has 0 unspecified atom stereocenters. The fraction of sp³-hybridized carbons (Fsp3) is 0.294. The van der Waals surface area contributed by atoms with Crippen molar-refractivity contribution in [3.05, 3.63) is 52.2 Å². The van der Waals surface area contributed by atoms with Crippen LogP contribution in [0.2, 0.25) is 0 Å². The van der Waals surface area contributed by atoms with Crippen LogP contribution in [0, 0.1) is 0 Å². The van der Waals surface area contributed by atoms with Gasteiger partial charge in [0.2, 0.25) is 0 Å². The van der Waals surface area contributed by atoms with E-state index in [1.54, 1.807) is 18.4 Å². The number of nitrogens with zero attached hydrogens (tertiary/aromatic N) is 4. The molecule has 2 heterocycles. The van der Waals surface area contributed by atoms with Crippen LogP contribution in [0.1, 0.15) is 22.4 Å². The minimum atomic E-state index is 0.666. The zero-order chi connectivity index (χ0) is 17.5. The maximum atomic E-state index is 4.41. The van der Waals surface area contributed by atoms with Gasteiger partial charge in [-0.3, -0.25) is 10.1 Å². The topological polar surface area (TPSA) is 90.9 Å². The maximum absolute atomic E-state index is 4.41. The summed E-state index contributed by atoms with van der Waals surface area (Å²) in [7, 11) is 1.76. The summed E-state index contributed by atoms with van der Waals surface area (Å²) in [5, 5.41) is 14.4. The number of guanidine groups is 1. The van der Waals surface area contributed by atoms with E-state index < -0.39 is 0 Å². The Labute approximate surface area is 150 Å². The van der Waals surface area contributed by atoms with Crippen LogP contribution in [0.5, 0.6) is 0 Å². The molecule has 0 saturated heterocycles. The van der Waals surface area contributed by atoms with Gasteiger partial charge in [0.1, 0.15) is 11.3 Å². The lowest BCUT2D eigenvalue weighted by Crippen LogP contribution is -2.36. The molecule has 8 heteroatoms. The number of H-pyrrole nitrogens is 1. The second-order valence-corrected chi connectivity index (χ2v) is 6.59. The number of aryl methyl sites for hydroxylation is 1. The molecule has 0 amide bonds. The van der Waals surface area contributed by atoms with Gasteiger partial charge in [-0.25, -0.2) is 9.97 Å². The minimum absolute atomic E-state index is 0.666. The van der Waals surface area contributed by atoms with Gasteiger partial charge in [-0.2, -0.15) is 5.10 Å². The quantitative estimate of drug-likeness (QED) is 0.466. The zero-order valence-electron chi connectivity index (χ0n) is 14.3. The van der Waals surface area contributed by atoms with E-state index in [1.165, 1.54) is 11.2 Å². The van der Waals surface area contributed by atoms with Gasteiger partial charge in [0.25, 0.3) is 0 Å². The Morgan fingerprint density at radius 1 is 1.24 bits per heavy atom. The van der Waals surface area contributed by atoms with Crippen molar-refractivity contribution in [2.75, 3.05) is 7.05 Å². The molecule has 3 aromatic rings. The molecule has 2 aromatic heterocycles. The van der Waals surface area contributed by atoms with Crippen molar-refractivity contribution in [3.8, 4) is 11.4 Å². The summed E-state index contributed by atoms with van der Waals surface area (Å²) in [6.45, 7) is 3.47. The number of nitrogens with one attached hydrogen (secondary N) is 3. The van der Waals surface area contributed by atoms with Crippen LogP contribution < -0.4 is 10.6 Å². The molecule has 0 fully saturated rings. The SMILES string of the molecule is CCc1cnc(CNC(=NC)NCc2cccc(-c3ncn[nH]3)c2)s1. The number of hydrogen-bond donors (Lipinski definition) is 3. The van der Waals surface area contributed by atoms with Crippen LogP contribution in [-0.2, 0) is 19.5 Å². The summed E-state index contributed by atoms with van der Waals surface area (Å²) in [5.41, 5.74) is 2.15. The van der Waals surface area contributed by atoms with Crippen molar-refractivity contribution in [2.45, 2.75) is 26.4 Å². The van der Waals surface area contributed by atoms with Crippen molar-refractivity contribution in [1.82, 2.24) is 30.8 Å². The highest BCUT2D eigenvalue weighted by Crippen LogP contribution is 2.15. The molecule has 3 rings (SSSR count). The molecule has 0 aliphatic rings. The molecular weight excluding hydrogens is 334 g/mol. The molecule has 25 heavy (non-hydrogen) atoms. The van der Waals surface area contributed by atoms with E-state index in [9.17, 15) is 0 Å². The van der Waals surface area contributed by atoms with Crippen LogP contribution in [0.25, 0.3) is 11.4 Å². The summed E-state index contributed by atoms with van der Waals surface area (Å²) in [5.74, 6) is 1.51. The third-order valence-electron chi connectivity index (χ3n) is 3.66. The van der Waals surface area contributed by atoms with Crippen molar-refractivity contribution < 1.29 is 0 Å². The van der Waals surface area contributed by atoms with Crippen LogP contribution in [-0.4, -0.2) is 33.2 Å². The predicted molar refractivity (Wildman–Crippen MR) is 100 cm³/mol. The van der Waals surface area contributed by atoms with E-state index in [1.807, 2.05) is 18.3 Å².